The Hall–Kier alpha value is -1.49. The van der Waals surface area contributed by atoms with Gasteiger partial charge in [0.05, 0.1) is 5.56 Å². The Labute approximate surface area is 91.0 Å². The van der Waals surface area contributed by atoms with Gasteiger partial charge in [-0.2, -0.15) is 13.2 Å². The van der Waals surface area contributed by atoms with E-state index in [9.17, 15) is 13.2 Å². The summed E-state index contributed by atoms with van der Waals surface area (Å²) in [5.41, 5.74) is -0.795. The number of ether oxygens (including phenoxy) is 1. The smallest absolute Gasteiger partial charge is 0.416 e. The second kappa shape index (κ2) is 5.03. The first kappa shape index (κ1) is 12.6. The summed E-state index contributed by atoms with van der Waals surface area (Å²) in [5.74, 6) is 0.0377. The van der Waals surface area contributed by atoms with Crippen molar-refractivity contribution in [1.82, 2.24) is 0 Å². The van der Waals surface area contributed by atoms with E-state index in [4.69, 9.17) is 16.4 Å². The summed E-state index contributed by atoms with van der Waals surface area (Å²) >= 11 is 0. The van der Waals surface area contributed by atoms with Crippen LogP contribution in [-0.2, 0) is 6.18 Å². The van der Waals surface area contributed by atoms with E-state index in [1.165, 1.54) is 12.1 Å². The van der Waals surface area contributed by atoms with E-state index >= 15 is 0 Å². The molecule has 1 radical (unpaired) electrons. The highest BCUT2D eigenvalue weighted by Gasteiger charge is 2.30. The maximum Gasteiger partial charge on any atom is 0.416 e. The molecule has 16 heavy (non-hydrogen) atoms. The van der Waals surface area contributed by atoms with Gasteiger partial charge in [-0.1, -0.05) is 18.7 Å². The molecule has 0 heterocycles. The van der Waals surface area contributed by atoms with Gasteiger partial charge in [-0.25, -0.2) is 0 Å². The molecule has 0 spiro atoms. The lowest BCUT2D eigenvalue weighted by molar-refractivity contribution is -0.137. The molecule has 0 bridgehead atoms. The van der Waals surface area contributed by atoms with Crippen molar-refractivity contribution in [1.29, 1.82) is 0 Å². The lowest BCUT2D eigenvalue weighted by Crippen LogP contribution is -2.14. The molecule has 0 aliphatic carbocycles. The number of hydrogen-bond donors (Lipinski definition) is 1. The van der Waals surface area contributed by atoms with Crippen LogP contribution in [0, 0.1) is 6.58 Å². The van der Waals surface area contributed by atoms with Crippen molar-refractivity contribution in [2.45, 2.75) is 12.3 Å². The molecule has 5 heteroatoms. The van der Waals surface area contributed by atoms with E-state index in [0.29, 0.717) is 0 Å². The van der Waals surface area contributed by atoms with Crippen molar-refractivity contribution in [3.05, 3.63) is 42.5 Å². The van der Waals surface area contributed by atoms with Crippen LogP contribution < -0.4 is 4.74 Å². The first-order chi connectivity index (χ1) is 7.43. The number of alkyl halides is 3. The van der Waals surface area contributed by atoms with Gasteiger partial charge >= 0.3 is 6.18 Å². The molecule has 1 N–H and O–H groups in total. The number of aliphatic hydroxyl groups excluding tert-OH is 1. The lowest BCUT2D eigenvalue weighted by Gasteiger charge is -2.11. The number of hydrogen-bond acceptors (Lipinski definition) is 2. The van der Waals surface area contributed by atoms with Gasteiger partial charge in [-0.15, -0.1) is 0 Å². The van der Waals surface area contributed by atoms with Crippen LogP contribution in [0.3, 0.4) is 0 Å². The van der Waals surface area contributed by atoms with Crippen LogP contribution in [0.25, 0.3) is 0 Å². The van der Waals surface area contributed by atoms with Crippen molar-refractivity contribution in [2.75, 3.05) is 6.61 Å². The fraction of sp³-hybridized carbons (Fsp3) is 0.273. The van der Waals surface area contributed by atoms with Crippen LogP contribution in [-0.4, -0.2) is 17.8 Å². The highest BCUT2D eigenvalue weighted by atomic mass is 19.4. The van der Waals surface area contributed by atoms with Crippen LogP contribution in [0.1, 0.15) is 5.56 Å². The number of benzene rings is 1. The van der Waals surface area contributed by atoms with Crippen LogP contribution >= 0.6 is 0 Å². The minimum atomic E-state index is -4.40. The molecule has 1 rings (SSSR count). The van der Waals surface area contributed by atoms with Gasteiger partial charge in [-0.05, 0) is 18.2 Å². The summed E-state index contributed by atoms with van der Waals surface area (Å²) < 4.78 is 41.8. The van der Waals surface area contributed by atoms with Gasteiger partial charge in [0, 0.05) is 0 Å². The lowest BCUT2D eigenvalue weighted by atomic mass is 10.2. The summed E-state index contributed by atoms with van der Waals surface area (Å²) in [7, 11) is 0. The number of aliphatic hydroxyl groups is 1. The molecule has 1 aromatic rings. The molecule has 0 saturated heterocycles. The molecule has 0 fully saturated rings. The van der Waals surface area contributed by atoms with Crippen molar-refractivity contribution in [3.63, 3.8) is 0 Å². The molecular weight excluding hydrogens is 221 g/mol. The Balaban J connectivity index is 2.72. The molecule has 1 unspecified atom stereocenters. The molecule has 0 amide bonds. The summed E-state index contributed by atoms with van der Waals surface area (Å²) in [4.78, 5) is 0. The van der Waals surface area contributed by atoms with Crippen LogP contribution in [0.2, 0.25) is 0 Å². The largest absolute Gasteiger partial charge is 0.491 e. The van der Waals surface area contributed by atoms with E-state index in [0.717, 1.165) is 18.2 Å². The van der Waals surface area contributed by atoms with E-state index in [1.807, 2.05) is 0 Å². The minimum Gasteiger partial charge on any atom is -0.491 e. The van der Waals surface area contributed by atoms with Crippen molar-refractivity contribution in [2.24, 2.45) is 0 Å². The Morgan fingerprint density at radius 2 is 2.12 bits per heavy atom. The highest BCUT2D eigenvalue weighted by Crippen LogP contribution is 2.31. The van der Waals surface area contributed by atoms with Gasteiger partial charge in [0.15, 0.2) is 0 Å². The minimum absolute atomic E-state index is 0.0377. The Morgan fingerprint density at radius 3 is 2.69 bits per heavy atom. The van der Waals surface area contributed by atoms with Crippen molar-refractivity contribution < 1.29 is 23.0 Å². The third kappa shape index (κ3) is 3.58. The van der Waals surface area contributed by atoms with Gasteiger partial charge < -0.3 is 9.84 Å². The third-order valence-corrected chi connectivity index (χ3v) is 1.80. The number of rotatable bonds is 4. The zero-order valence-electron chi connectivity index (χ0n) is 8.24. The summed E-state index contributed by atoms with van der Waals surface area (Å²) in [6.07, 6.45) is -4.42. The Bertz CT molecular complexity index is 360. The van der Waals surface area contributed by atoms with Crippen LogP contribution in [0.4, 0.5) is 13.2 Å². The first-order valence-electron chi connectivity index (χ1n) is 4.46. The average molecular weight is 231 g/mol. The van der Waals surface area contributed by atoms with Crippen LogP contribution in [0.5, 0.6) is 5.75 Å². The molecule has 0 aliphatic heterocycles. The van der Waals surface area contributed by atoms with E-state index in [1.54, 1.807) is 0 Å². The van der Waals surface area contributed by atoms with Crippen molar-refractivity contribution in [3.8, 4) is 5.75 Å². The zero-order valence-corrected chi connectivity index (χ0v) is 8.24. The van der Waals surface area contributed by atoms with Gasteiger partial charge in [-0.3, -0.25) is 0 Å². The summed E-state index contributed by atoms with van der Waals surface area (Å²) in [6.45, 7) is 4.82. The van der Waals surface area contributed by atoms with E-state index in [2.05, 4.69) is 0 Å². The maximum atomic E-state index is 12.3. The standard InChI is InChI=1S/C11H10F3O2/c1-2-9(15)7-16-10-5-3-4-8(6-10)11(12,13)14/h1-6,9,15H,7H2. The van der Waals surface area contributed by atoms with Gasteiger partial charge in [0.2, 0.25) is 0 Å². The SMILES string of the molecule is [CH]=CC(O)COc1cccc(C(F)(F)F)c1. The topological polar surface area (TPSA) is 29.5 Å². The second-order valence-electron chi connectivity index (χ2n) is 3.10. The van der Waals surface area contributed by atoms with E-state index in [-0.39, 0.29) is 12.4 Å². The molecule has 2 nitrogen and oxygen atoms in total. The molecule has 0 aromatic heterocycles. The molecule has 0 aliphatic rings. The first-order valence-corrected chi connectivity index (χ1v) is 4.46. The normalized spacial score (nSPS) is 13.2. The maximum absolute atomic E-state index is 12.3. The Kier molecular flexibility index (Phi) is 3.95. The predicted molar refractivity (Wildman–Crippen MR) is 51.8 cm³/mol. The quantitative estimate of drug-likeness (QED) is 0.862. The van der Waals surface area contributed by atoms with Crippen LogP contribution in [0.15, 0.2) is 30.3 Å². The monoisotopic (exact) mass is 231 g/mol. The van der Waals surface area contributed by atoms with Crippen molar-refractivity contribution >= 4 is 0 Å². The predicted octanol–water partition coefficient (Wildman–Crippen LogP) is 2.43. The fourth-order valence-electron chi connectivity index (χ4n) is 0.999. The van der Waals surface area contributed by atoms with Gasteiger partial charge in [0.1, 0.15) is 18.5 Å². The Morgan fingerprint density at radius 1 is 1.44 bits per heavy atom. The molecule has 0 saturated carbocycles. The highest BCUT2D eigenvalue weighted by molar-refractivity contribution is 5.30. The van der Waals surface area contributed by atoms with E-state index < -0.39 is 17.8 Å². The molecule has 1 aromatic carbocycles. The van der Waals surface area contributed by atoms with Gasteiger partial charge in [0.25, 0.3) is 0 Å². The average Bonchev–Trinajstić information content (AvgIpc) is 2.25. The third-order valence-electron chi connectivity index (χ3n) is 1.80. The fourth-order valence-corrected chi connectivity index (χ4v) is 0.999. The zero-order chi connectivity index (χ0) is 12.2. The molecule has 1 atom stereocenters. The second-order valence-corrected chi connectivity index (χ2v) is 3.10. The molecule has 87 valence electrons. The summed E-state index contributed by atoms with van der Waals surface area (Å²) in [5, 5.41) is 9.02. The summed E-state index contributed by atoms with van der Waals surface area (Å²) in [6, 6.07) is 4.41. The number of halogens is 3. The molecular formula is C11H10F3O2.